The normalized spacial score (nSPS) is 10.3. The van der Waals surface area contributed by atoms with Gasteiger partial charge < -0.3 is 16.4 Å². The molecule has 0 saturated carbocycles. The number of benzene rings is 2. The molecular formula is C16H19N3O. The summed E-state index contributed by atoms with van der Waals surface area (Å²) in [4.78, 5) is 14.0. The van der Waals surface area contributed by atoms with Crippen LogP contribution in [-0.2, 0) is 6.54 Å². The van der Waals surface area contributed by atoms with Crippen LogP contribution in [0.3, 0.4) is 0 Å². The number of nitrogens with two attached hydrogens (primary N) is 2. The molecule has 2 aromatic carbocycles. The van der Waals surface area contributed by atoms with Gasteiger partial charge in [-0.1, -0.05) is 24.3 Å². The largest absolute Gasteiger partial charge is 0.399 e. The van der Waals surface area contributed by atoms with Gasteiger partial charge >= 0.3 is 0 Å². The van der Waals surface area contributed by atoms with Crippen LogP contribution >= 0.6 is 0 Å². The summed E-state index contributed by atoms with van der Waals surface area (Å²) in [5.74, 6) is -0.0905. The summed E-state index contributed by atoms with van der Waals surface area (Å²) >= 11 is 0. The van der Waals surface area contributed by atoms with E-state index in [9.17, 15) is 4.79 Å². The zero-order chi connectivity index (χ0) is 14.7. The van der Waals surface area contributed by atoms with Crippen molar-refractivity contribution in [1.82, 2.24) is 4.90 Å². The zero-order valence-electron chi connectivity index (χ0n) is 11.8. The number of anilines is 2. The highest BCUT2D eigenvalue weighted by Crippen LogP contribution is 2.17. The summed E-state index contributed by atoms with van der Waals surface area (Å²) in [6, 6.07) is 12.9. The third-order valence-corrected chi connectivity index (χ3v) is 3.24. The topological polar surface area (TPSA) is 72.3 Å². The van der Waals surface area contributed by atoms with E-state index in [1.165, 1.54) is 5.56 Å². The van der Waals surface area contributed by atoms with Crippen molar-refractivity contribution < 1.29 is 4.79 Å². The maximum absolute atomic E-state index is 12.4. The summed E-state index contributed by atoms with van der Waals surface area (Å²) < 4.78 is 0. The van der Waals surface area contributed by atoms with Crippen molar-refractivity contribution in [3.63, 3.8) is 0 Å². The SMILES string of the molecule is Cc1ccccc1CN(C)C(=O)c1cc(N)cc(N)c1. The number of aryl methyl sites for hydroxylation is 1. The Balaban J connectivity index is 2.18. The molecule has 0 saturated heterocycles. The van der Waals surface area contributed by atoms with Crippen LogP contribution in [0.1, 0.15) is 21.5 Å². The van der Waals surface area contributed by atoms with Crippen molar-refractivity contribution in [3.8, 4) is 0 Å². The van der Waals surface area contributed by atoms with Crippen LogP contribution in [0.5, 0.6) is 0 Å². The number of carbonyl (C=O) groups is 1. The maximum atomic E-state index is 12.4. The van der Waals surface area contributed by atoms with Crippen LogP contribution in [0.2, 0.25) is 0 Å². The lowest BCUT2D eigenvalue weighted by Gasteiger charge is -2.19. The minimum Gasteiger partial charge on any atom is -0.399 e. The average molecular weight is 269 g/mol. The minimum absolute atomic E-state index is 0.0905. The van der Waals surface area contributed by atoms with Crippen LogP contribution in [0.25, 0.3) is 0 Å². The molecule has 104 valence electrons. The fraction of sp³-hybridized carbons (Fsp3) is 0.188. The predicted molar refractivity (Wildman–Crippen MR) is 82.2 cm³/mol. The van der Waals surface area contributed by atoms with Gasteiger partial charge in [0.25, 0.3) is 5.91 Å². The van der Waals surface area contributed by atoms with E-state index in [-0.39, 0.29) is 5.91 Å². The van der Waals surface area contributed by atoms with E-state index in [1.807, 2.05) is 31.2 Å². The van der Waals surface area contributed by atoms with E-state index >= 15 is 0 Å². The summed E-state index contributed by atoms with van der Waals surface area (Å²) in [5.41, 5.74) is 15.2. The molecule has 20 heavy (non-hydrogen) atoms. The molecule has 0 aliphatic rings. The van der Waals surface area contributed by atoms with Crippen LogP contribution in [-0.4, -0.2) is 17.9 Å². The molecule has 0 aromatic heterocycles. The molecular weight excluding hydrogens is 250 g/mol. The Hall–Kier alpha value is -2.49. The van der Waals surface area contributed by atoms with Gasteiger partial charge in [-0.2, -0.15) is 0 Å². The van der Waals surface area contributed by atoms with Gasteiger partial charge in [-0.25, -0.2) is 0 Å². The Kier molecular flexibility index (Phi) is 3.94. The molecule has 1 amide bonds. The first-order valence-electron chi connectivity index (χ1n) is 6.43. The number of rotatable bonds is 3. The van der Waals surface area contributed by atoms with E-state index in [0.717, 1.165) is 5.56 Å². The molecule has 4 N–H and O–H groups in total. The molecule has 0 spiro atoms. The van der Waals surface area contributed by atoms with Crippen LogP contribution < -0.4 is 11.5 Å². The third-order valence-electron chi connectivity index (χ3n) is 3.24. The van der Waals surface area contributed by atoms with Gasteiger partial charge in [-0.15, -0.1) is 0 Å². The van der Waals surface area contributed by atoms with Gasteiger partial charge in [0.2, 0.25) is 0 Å². The van der Waals surface area contributed by atoms with Crippen molar-refractivity contribution in [1.29, 1.82) is 0 Å². The molecule has 0 unspecified atom stereocenters. The van der Waals surface area contributed by atoms with Crippen LogP contribution in [0.4, 0.5) is 11.4 Å². The Morgan fingerprint density at radius 3 is 2.30 bits per heavy atom. The van der Waals surface area contributed by atoms with Crippen molar-refractivity contribution in [2.75, 3.05) is 18.5 Å². The molecule has 0 atom stereocenters. The second-order valence-corrected chi connectivity index (χ2v) is 4.98. The zero-order valence-corrected chi connectivity index (χ0v) is 11.8. The highest BCUT2D eigenvalue weighted by atomic mass is 16.2. The lowest BCUT2D eigenvalue weighted by molar-refractivity contribution is 0.0785. The molecule has 0 bridgehead atoms. The van der Waals surface area contributed by atoms with Crippen molar-refractivity contribution in [2.45, 2.75) is 13.5 Å². The number of hydrogen-bond donors (Lipinski definition) is 2. The smallest absolute Gasteiger partial charge is 0.254 e. The second kappa shape index (κ2) is 5.65. The maximum Gasteiger partial charge on any atom is 0.254 e. The van der Waals surface area contributed by atoms with Crippen molar-refractivity contribution in [2.24, 2.45) is 0 Å². The molecule has 0 fully saturated rings. The highest BCUT2D eigenvalue weighted by molar-refractivity contribution is 5.95. The van der Waals surface area contributed by atoms with E-state index in [1.54, 1.807) is 30.1 Å². The van der Waals surface area contributed by atoms with Crippen LogP contribution in [0.15, 0.2) is 42.5 Å². The molecule has 4 nitrogen and oxygen atoms in total. The molecule has 2 rings (SSSR count). The number of nitrogen functional groups attached to an aromatic ring is 2. The number of hydrogen-bond acceptors (Lipinski definition) is 3. The van der Waals surface area contributed by atoms with Gasteiger partial charge in [0.1, 0.15) is 0 Å². The van der Waals surface area contributed by atoms with Gasteiger partial charge in [0.15, 0.2) is 0 Å². The highest BCUT2D eigenvalue weighted by Gasteiger charge is 2.13. The van der Waals surface area contributed by atoms with Gasteiger partial charge in [-0.3, -0.25) is 4.79 Å². The third kappa shape index (κ3) is 3.09. The van der Waals surface area contributed by atoms with E-state index in [2.05, 4.69) is 0 Å². The average Bonchev–Trinajstić information content (AvgIpc) is 2.39. The van der Waals surface area contributed by atoms with Gasteiger partial charge in [-0.05, 0) is 36.2 Å². The Labute approximate surface area is 119 Å². The number of nitrogens with zero attached hydrogens (tertiary/aromatic N) is 1. The lowest BCUT2D eigenvalue weighted by atomic mass is 10.1. The Morgan fingerprint density at radius 2 is 1.70 bits per heavy atom. The molecule has 0 aliphatic carbocycles. The minimum atomic E-state index is -0.0905. The second-order valence-electron chi connectivity index (χ2n) is 4.98. The first kappa shape index (κ1) is 13.9. The first-order valence-corrected chi connectivity index (χ1v) is 6.43. The number of carbonyl (C=O) groups excluding carboxylic acids is 1. The summed E-state index contributed by atoms with van der Waals surface area (Å²) in [7, 11) is 1.77. The fourth-order valence-corrected chi connectivity index (χ4v) is 2.14. The molecule has 0 radical (unpaired) electrons. The number of amides is 1. The molecule has 0 heterocycles. The summed E-state index contributed by atoms with van der Waals surface area (Å²) in [5, 5.41) is 0. The van der Waals surface area contributed by atoms with Crippen LogP contribution in [0, 0.1) is 6.92 Å². The molecule has 4 heteroatoms. The van der Waals surface area contributed by atoms with Crippen molar-refractivity contribution in [3.05, 3.63) is 59.2 Å². The van der Waals surface area contributed by atoms with E-state index < -0.39 is 0 Å². The van der Waals surface area contributed by atoms with E-state index in [0.29, 0.717) is 23.5 Å². The monoisotopic (exact) mass is 269 g/mol. The molecule has 2 aromatic rings. The Morgan fingerprint density at radius 1 is 1.10 bits per heavy atom. The summed E-state index contributed by atoms with van der Waals surface area (Å²) in [6.07, 6.45) is 0. The lowest BCUT2D eigenvalue weighted by Crippen LogP contribution is -2.26. The standard InChI is InChI=1S/C16H19N3O/c1-11-5-3-4-6-12(11)10-19(2)16(20)13-7-14(17)9-15(18)8-13/h3-9H,10,17-18H2,1-2H3. The molecule has 0 aliphatic heterocycles. The fourth-order valence-electron chi connectivity index (χ4n) is 2.14. The quantitative estimate of drug-likeness (QED) is 0.841. The Bertz CT molecular complexity index is 617. The van der Waals surface area contributed by atoms with Crippen molar-refractivity contribution >= 4 is 17.3 Å². The van der Waals surface area contributed by atoms with E-state index in [4.69, 9.17) is 11.5 Å². The predicted octanol–water partition coefficient (Wildman–Crippen LogP) is 2.43. The summed E-state index contributed by atoms with van der Waals surface area (Å²) in [6.45, 7) is 2.59. The first-order chi connectivity index (χ1) is 9.47. The van der Waals surface area contributed by atoms with Gasteiger partial charge in [0.05, 0.1) is 0 Å². The van der Waals surface area contributed by atoms with Gasteiger partial charge in [0, 0.05) is 30.5 Å².